The van der Waals surface area contributed by atoms with Gasteiger partial charge in [0.1, 0.15) is 28.7 Å². The lowest BCUT2D eigenvalue weighted by atomic mass is 9.59. The van der Waals surface area contributed by atoms with Crippen molar-refractivity contribution < 1.29 is 46.7 Å². The van der Waals surface area contributed by atoms with Gasteiger partial charge in [0, 0.05) is 93.0 Å². The van der Waals surface area contributed by atoms with E-state index < -0.39 is 38.0 Å². The average molecular weight is 1140 g/mol. The van der Waals surface area contributed by atoms with E-state index in [-0.39, 0.29) is 68.0 Å². The van der Waals surface area contributed by atoms with Crippen LogP contribution >= 0.6 is 0 Å². The number of carbonyl (C=O) groups is 1. The number of allylic oxidation sites excluding steroid dienone is 2. The van der Waals surface area contributed by atoms with Gasteiger partial charge in [0.05, 0.1) is 37.2 Å². The van der Waals surface area contributed by atoms with Crippen LogP contribution in [0, 0.1) is 16.5 Å². The summed E-state index contributed by atoms with van der Waals surface area (Å²) in [5, 5.41) is 26.1. The van der Waals surface area contributed by atoms with Gasteiger partial charge < -0.3 is 44.5 Å². The lowest BCUT2D eigenvalue weighted by molar-refractivity contribution is -0.751. The van der Waals surface area contributed by atoms with E-state index in [9.17, 15) is 23.5 Å². The molecule has 0 radical (unpaired) electrons. The van der Waals surface area contributed by atoms with Crippen LogP contribution in [0.5, 0.6) is 29.0 Å². The largest absolute Gasteiger partial charge is 0.629 e. The predicted octanol–water partition coefficient (Wildman–Crippen LogP) is 9.11. The van der Waals surface area contributed by atoms with E-state index >= 15 is 4.39 Å². The number of fused-ring (bicyclic) bond motifs is 2. The number of aromatic nitrogens is 3. The number of piperidine rings is 1. The third-order valence-corrected chi connectivity index (χ3v) is 19.0. The minimum absolute atomic E-state index is 0.00263. The molecular weight excluding hydrogens is 1070 g/mol. The molecule has 0 bridgehead atoms. The van der Waals surface area contributed by atoms with Crippen LogP contribution in [-0.4, -0.2) is 121 Å². The molecule has 2 atom stereocenters. The molecule has 2 unspecified atom stereocenters. The monoisotopic (exact) mass is 1140 g/mol. The highest BCUT2D eigenvalue weighted by Crippen LogP contribution is 2.54. The number of nitrogens with one attached hydrogen (secondary N) is 3. The van der Waals surface area contributed by atoms with Gasteiger partial charge in [-0.15, -0.1) is 0 Å². The van der Waals surface area contributed by atoms with Crippen LogP contribution in [0.15, 0.2) is 90.6 Å². The number of piperazine rings is 1. The van der Waals surface area contributed by atoms with Crippen molar-refractivity contribution in [1.29, 1.82) is 0 Å². The van der Waals surface area contributed by atoms with Crippen LogP contribution in [0.25, 0.3) is 11.4 Å². The molecule has 2 aromatic carbocycles. The summed E-state index contributed by atoms with van der Waals surface area (Å²) in [5.74, 6) is 0.555. The zero-order valence-electron chi connectivity index (χ0n) is 48.0. The molecule has 6 heterocycles. The summed E-state index contributed by atoms with van der Waals surface area (Å²) in [7, 11) is -1.89. The number of amides is 1. The van der Waals surface area contributed by atoms with Gasteiger partial charge in [0.2, 0.25) is 0 Å². The van der Waals surface area contributed by atoms with Crippen molar-refractivity contribution in [2.24, 2.45) is 11.3 Å². The molecule has 3 aliphatic heterocycles. The topological polar surface area (TPSA) is 208 Å². The zero-order valence-corrected chi connectivity index (χ0v) is 48.8. The molecule has 2 saturated carbocycles. The van der Waals surface area contributed by atoms with Crippen molar-refractivity contribution in [1.82, 2.24) is 29.5 Å². The molecule has 4 fully saturated rings. The first kappa shape index (κ1) is 57.2. The van der Waals surface area contributed by atoms with E-state index in [4.69, 9.17) is 18.9 Å². The van der Waals surface area contributed by atoms with Crippen LogP contribution in [0.1, 0.15) is 136 Å². The fourth-order valence-corrected chi connectivity index (χ4v) is 13.9. The van der Waals surface area contributed by atoms with Gasteiger partial charge in [-0.1, -0.05) is 44.7 Å². The first-order valence-corrected chi connectivity index (χ1v) is 30.2. The van der Waals surface area contributed by atoms with Crippen LogP contribution < -0.4 is 38.9 Å². The first-order chi connectivity index (χ1) is 39.1. The number of anilines is 2. The Morgan fingerprint density at radius 3 is 2.49 bits per heavy atom. The Morgan fingerprint density at radius 2 is 1.76 bits per heavy atom. The first-order valence-electron chi connectivity index (χ1n) is 28.7. The molecule has 3 aromatic heterocycles. The third-order valence-electron chi connectivity index (χ3n) is 17.7. The smallest absolute Gasteiger partial charge is 0.268 e. The van der Waals surface area contributed by atoms with E-state index in [0.717, 1.165) is 101 Å². The Bertz CT molecular complexity index is 3400. The number of rotatable bonds is 16. The van der Waals surface area contributed by atoms with Gasteiger partial charge in [0.25, 0.3) is 27.7 Å². The van der Waals surface area contributed by atoms with Crippen molar-refractivity contribution in [2.75, 3.05) is 70.2 Å². The standard InChI is InChI=1S/C62H76FN9O9S/c1-38(2)45-11-9-10-12-46(45)51-36-70(35-41-17-22-64-59-55(41)79-37-60(4,5)81-59)25-26-72(51)43-31-62(32-43)20-23-71(24-21-62)42-13-14-47(52(28-42)80-53-30-48-49(63)27-39(3)54(48)67-58(53)78-8)57(73)68-82(76,77)44-29-50(69(7)75)56(66-34-44)65-33-40-15-18-61(6,74)19-16-40/h9-14,17,22,27-30,34,38,40,43,51,69,74H,3,15-16,18-21,23-26,31-33,35-37H2,1-2,4-8H3,(H,65,66)(H,68,73)/t40-,51?,61-. The molecule has 1 spiro atoms. The Morgan fingerprint density at radius 1 is 1.00 bits per heavy atom. The van der Waals surface area contributed by atoms with Gasteiger partial charge in [-0.05, 0) is 136 Å². The van der Waals surface area contributed by atoms with Crippen LogP contribution in [-0.2, 0) is 16.6 Å². The number of sulfonamides is 1. The minimum Gasteiger partial charge on any atom is -0.629 e. The van der Waals surface area contributed by atoms with E-state index in [0.29, 0.717) is 49.4 Å². The number of quaternary nitrogens is 1. The van der Waals surface area contributed by atoms with Crippen molar-refractivity contribution in [3.8, 4) is 29.0 Å². The maximum Gasteiger partial charge on any atom is 0.268 e. The van der Waals surface area contributed by atoms with Crippen LogP contribution in [0.2, 0.25) is 0 Å². The van der Waals surface area contributed by atoms with Crippen molar-refractivity contribution in [3.05, 3.63) is 124 Å². The number of hydrogen-bond acceptors (Lipinski definition) is 16. The lowest BCUT2D eigenvalue weighted by Crippen LogP contribution is -2.98. The molecule has 4 N–H and O–H groups in total. The second-order valence-corrected chi connectivity index (χ2v) is 26.3. The van der Waals surface area contributed by atoms with E-state index in [1.807, 2.05) is 27.0 Å². The number of ether oxygens (including phenoxy) is 4. The number of hydroxylamine groups is 1. The quantitative estimate of drug-likeness (QED) is 0.0680. The Labute approximate surface area is 480 Å². The summed E-state index contributed by atoms with van der Waals surface area (Å²) in [6.07, 6.45) is 11.1. The van der Waals surface area contributed by atoms with E-state index in [2.05, 4.69) is 90.4 Å². The summed E-state index contributed by atoms with van der Waals surface area (Å²) in [4.78, 5) is 34.9. The Hall–Kier alpha value is -6.68. The minimum atomic E-state index is -4.61. The highest BCUT2D eigenvalue weighted by Gasteiger charge is 2.50. The number of pyridine rings is 3. The molecular formula is C62H76FN9O9S. The number of hydrogen-bond donors (Lipinski definition) is 4. The fraction of sp³-hybridized carbons (Fsp3) is 0.484. The molecule has 5 aromatic rings. The second-order valence-electron chi connectivity index (χ2n) is 24.6. The molecule has 18 nitrogen and oxygen atoms in total. The maximum absolute atomic E-state index is 15.2. The molecule has 6 aliphatic rings. The van der Waals surface area contributed by atoms with Crippen molar-refractivity contribution in [2.45, 2.75) is 127 Å². The second kappa shape index (κ2) is 22.5. The lowest BCUT2D eigenvalue weighted by Gasteiger charge is -2.58. The summed E-state index contributed by atoms with van der Waals surface area (Å²) in [6, 6.07) is 19.2. The van der Waals surface area contributed by atoms with Gasteiger partial charge in [0.15, 0.2) is 23.0 Å². The molecule has 20 heteroatoms. The van der Waals surface area contributed by atoms with Gasteiger partial charge in [-0.3, -0.25) is 14.6 Å². The summed E-state index contributed by atoms with van der Waals surface area (Å²) >= 11 is 0. The number of carbonyl (C=O) groups excluding carboxylic acids is 1. The number of halogens is 1. The van der Waals surface area contributed by atoms with Gasteiger partial charge in [-0.25, -0.2) is 32.5 Å². The highest BCUT2D eigenvalue weighted by atomic mass is 32.2. The maximum atomic E-state index is 15.2. The Balaban J connectivity index is 0.805. The Kier molecular flexibility index (Phi) is 15.7. The molecule has 11 rings (SSSR count). The molecule has 2 saturated heterocycles. The van der Waals surface area contributed by atoms with Gasteiger partial charge >= 0.3 is 0 Å². The predicted molar refractivity (Wildman–Crippen MR) is 312 cm³/mol. The number of benzene rings is 2. The molecule has 1 amide bonds. The highest BCUT2D eigenvalue weighted by molar-refractivity contribution is 7.90. The summed E-state index contributed by atoms with van der Waals surface area (Å²) in [6.45, 7) is 20.2. The number of methoxy groups -OCH3 is 1. The van der Waals surface area contributed by atoms with Gasteiger partial charge in [-0.2, -0.15) is 0 Å². The SMILES string of the molecule is C=C1C=C(F)c2cc(Oc3cc(N4CCC5(CC4)CC(N4CCN(Cc6ccnc7c6OCC(C)(C)O7)CC4c4ccccc4C(C)C)C5)ccc3C(=O)NS(=O)(=O)c3cnc(NC[C@H]4CC[C@](C)(O)CC4)c([NH+](C)[O-])c3)c(OC)nc21. The fourth-order valence-electron chi connectivity index (χ4n) is 13.0. The van der Waals surface area contributed by atoms with Crippen LogP contribution in [0.3, 0.4) is 0 Å². The number of aliphatic hydroxyl groups is 1. The van der Waals surface area contributed by atoms with E-state index in [1.165, 1.54) is 49.6 Å². The van der Waals surface area contributed by atoms with Crippen molar-refractivity contribution in [3.63, 3.8) is 0 Å². The average Bonchev–Trinajstić information content (AvgIpc) is 3.41. The van der Waals surface area contributed by atoms with Crippen LogP contribution in [0.4, 0.5) is 21.6 Å². The molecule has 82 heavy (non-hydrogen) atoms. The normalized spacial score (nSPS) is 23.0. The molecule has 436 valence electrons. The molecule has 3 aliphatic carbocycles. The number of nitrogens with zero attached hydrogens (tertiary/aromatic N) is 6. The van der Waals surface area contributed by atoms with Crippen molar-refractivity contribution >= 4 is 44.5 Å². The summed E-state index contributed by atoms with van der Waals surface area (Å²) < 4.78 is 70.1. The third kappa shape index (κ3) is 11.8. The van der Waals surface area contributed by atoms with E-state index in [1.54, 1.807) is 12.1 Å². The summed E-state index contributed by atoms with van der Waals surface area (Å²) in [5.41, 5.74) is 4.31. The zero-order chi connectivity index (χ0) is 57.9.